The van der Waals surface area contributed by atoms with Gasteiger partial charge in [0.2, 0.25) is 0 Å². The second-order valence-corrected chi connectivity index (χ2v) is 4.53. The van der Waals surface area contributed by atoms with E-state index in [0.717, 1.165) is 31.7 Å². The summed E-state index contributed by atoms with van der Waals surface area (Å²) in [5, 5.41) is 0. The van der Waals surface area contributed by atoms with Crippen molar-refractivity contribution in [3.8, 4) is 0 Å². The molecule has 2 aromatic heterocycles. The van der Waals surface area contributed by atoms with Crippen molar-refractivity contribution in [3.63, 3.8) is 0 Å². The number of hydrogen-bond donors (Lipinski definition) is 0. The zero-order valence-corrected chi connectivity index (χ0v) is 10.0. The maximum Gasteiger partial charge on any atom is 0.0949 e. The molecule has 3 heterocycles. The smallest absolute Gasteiger partial charge is 0.0949 e. The molecule has 0 aromatic carbocycles. The quantitative estimate of drug-likeness (QED) is 0.778. The van der Waals surface area contributed by atoms with Crippen molar-refractivity contribution in [2.45, 2.75) is 19.5 Å². The minimum Gasteiger partial charge on any atom is -0.337 e. The summed E-state index contributed by atoms with van der Waals surface area (Å²) in [6, 6.07) is 6.07. The highest BCUT2D eigenvalue weighted by Crippen LogP contribution is 2.18. The van der Waals surface area contributed by atoms with Crippen molar-refractivity contribution in [2.24, 2.45) is 7.05 Å². The zero-order valence-electron chi connectivity index (χ0n) is 10.0. The van der Waals surface area contributed by atoms with Gasteiger partial charge in [0.1, 0.15) is 0 Å². The molecule has 0 atom stereocenters. The van der Waals surface area contributed by atoms with Gasteiger partial charge in [-0.1, -0.05) is 6.07 Å². The first-order chi connectivity index (χ1) is 8.33. The molecule has 0 saturated carbocycles. The number of hydrogen-bond acceptors (Lipinski definition) is 3. The summed E-state index contributed by atoms with van der Waals surface area (Å²) in [6.07, 6.45) is 4.85. The lowest BCUT2D eigenvalue weighted by molar-refractivity contribution is 0.237. The lowest BCUT2D eigenvalue weighted by Crippen LogP contribution is -2.31. The highest BCUT2D eigenvalue weighted by Gasteiger charge is 2.19. The molecule has 1 aliphatic heterocycles. The number of fused-ring (bicyclic) bond motifs is 1. The van der Waals surface area contributed by atoms with Crippen LogP contribution >= 0.6 is 0 Å². The highest BCUT2D eigenvalue weighted by atomic mass is 15.2. The summed E-state index contributed by atoms with van der Waals surface area (Å²) in [5.41, 5.74) is 3.73. The third kappa shape index (κ3) is 2.08. The van der Waals surface area contributed by atoms with Gasteiger partial charge in [-0.2, -0.15) is 0 Å². The van der Waals surface area contributed by atoms with Gasteiger partial charge in [-0.3, -0.25) is 9.88 Å². The van der Waals surface area contributed by atoms with Crippen LogP contribution in [0.4, 0.5) is 0 Å². The molecule has 2 aromatic rings. The van der Waals surface area contributed by atoms with E-state index in [1.165, 1.54) is 11.4 Å². The molecule has 0 amide bonds. The van der Waals surface area contributed by atoms with E-state index in [0.29, 0.717) is 0 Å². The molecule has 0 unspecified atom stereocenters. The van der Waals surface area contributed by atoms with Crippen LogP contribution in [-0.4, -0.2) is 26.0 Å². The largest absolute Gasteiger partial charge is 0.337 e. The van der Waals surface area contributed by atoms with Gasteiger partial charge in [-0.25, -0.2) is 4.98 Å². The van der Waals surface area contributed by atoms with Gasteiger partial charge in [0, 0.05) is 45.0 Å². The molecule has 0 bridgehead atoms. The lowest BCUT2D eigenvalue weighted by atomic mass is 10.1. The van der Waals surface area contributed by atoms with E-state index in [4.69, 9.17) is 0 Å². The number of imidazole rings is 1. The lowest BCUT2D eigenvalue weighted by Gasteiger charge is -2.26. The standard InChI is InChI=1S/C13H16N4/c1-16-10-15-12-9-17(7-5-13(12)16)8-11-4-2-3-6-14-11/h2-4,6,10H,5,7-9H2,1H3. The monoisotopic (exact) mass is 228 g/mol. The molecule has 4 nitrogen and oxygen atoms in total. The van der Waals surface area contributed by atoms with Gasteiger partial charge in [-0.15, -0.1) is 0 Å². The Morgan fingerprint density at radius 1 is 1.29 bits per heavy atom. The summed E-state index contributed by atoms with van der Waals surface area (Å²) >= 11 is 0. The summed E-state index contributed by atoms with van der Waals surface area (Å²) < 4.78 is 2.13. The van der Waals surface area contributed by atoms with Crippen LogP contribution in [0.5, 0.6) is 0 Å². The van der Waals surface area contributed by atoms with Gasteiger partial charge < -0.3 is 4.57 Å². The third-order valence-corrected chi connectivity index (χ3v) is 3.30. The molecule has 88 valence electrons. The molecule has 0 fully saturated rings. The zero-order chi connectivity index (χ0) is 11.7. The number of nitrogens with zero attached hydrogens (tertiary/aromatic N) is 4. The predicted octanol–water partition coefficient (Wildman–Crippen LogP) is 1.37. The number of aryl methyl sites for hydroxylation is 1. The fourth-order valence-corrected chi connectivity index (χ4v) is 2.37. The molecule has 0 aliphatic carbocycles. The summed E-state index contributed by atoms with van der Waals surface area (Å²) in [4.78, 5) is 11.2. The fourth-order valence-electron chi connectivity index (χ4n) is 2.37. The Balaban J connectivity index is 1.72. The van der Waals surface area contributed by atoms with E-state index >= 15 is 0 Å². The average molecular weight is 228 g/mol. The Bertz CT molecular complexity index is 503. The Morgan fingerprint density at radius 3 is 3.06 bits per heavy atom. The first-order valence-electron chi connectivity index (χ1n) is 5.94. The van der Waals surface area contributed by atoms with Crippen LogP contribution in [0.3, 0.4) is 0 Å². The van der Waals surface area contributed by atoms with Crippen LogP contribution < -0.4 is 0 Å². The third-order valence-electron chi connectivity index (χ3n) is 3.30. The molecule has 0 N–H and O–H groups in total. The van der Waals surface area contributed by atoms with Crippen LogP contribution in [0, 0.1) is 0 Å². The number of rotatable bonds is 2. The van der Waals surface area contributed by atoms with Gasteiger partial charge in [0.05, 0.1) is 17.7 Å². The Hall–Kier alpha value is -1.68. The second kappa shape index (κ2) is 4.30. The fraction of sp³-hybridized carbons (Fsp3) is 0.385. The normalized spacial score (nSPS) is 15.8. The van der Waals surface area contributed by atoms with Gasteiger partial charge in [0.25, 0.3) is 0 Å². The summed E-state index contributed by atoms with van der Waals surface area (Å²) in [5.74, 6) is 0. The van der Waals surface area contributed by atoms with Crippen LogP contribution in [0.15, 0.2) is 30.7 Å². The van der Waals surface area contributed by atoms with Crippen molar-refractivity contribution in [1.82, 2.24) is 19.4 Å². The van der Waals surface area contributed by atoms with Crippen LogP contribution in [-0.2, 0) is 26.6 Å². The molecule has 1 aliphatic rings. The van der Waals surface area contributed by atoms with E-state index in [2.05, 4.69) is 32.5 Å². The van der Waals surface area contributed by atoms with Crippen LogP contribution in [0.2, 0.25) is 0 Å². The van der Waals surface area contributed by atoms with Gasteiger partial charge >= 0.3 is 0 Å². The molecule has 0 radical (unpaired) electrons. The van der Waals surface area contributed by atoms with E-state index in [1.54, 1.807) is 0 Å². The first kappa shape index (κ1) is 10.5. The SMILES string of the molecule is Cn1cnc2c1CCN(Cc1ccccn1)C2. The van der Waals surface area contributed by atoms with E-state index in [1.807, 2.05) is 24.7 Å². The molecular weight excluding hydrogens is 212 g/mol. The molecule has 3 rings (SSSR count). The van der Waals surface area contributed by atoms with E-state index in [-0.39, 0.29) is 0 Å². The Morgan fingerprint density at radius 2 is 2.24 bits per heavy atom. The summed E-state index contributed by atoms with van der Waals surface area (Å²) in [6.45, 7) is 2.94. The average Bonchev–Trinajstić information content (AvgIpc) is 2.72. The highest BCUT2D eigenvalue weighted by molar-refractivity contribution is 5.16. The van der Waals surface area contributed by atoms with Crippen LogP contribution in [0.1, 0.15) is 17.1 Å². The topological polar surface area (TPSA) is 34.0 Å². The van der Waals surface area contributed by atoms with Crippen molar-refractivity contribution in [2.75, 3.05) is 6.54 Å². The minimum atomic E-state index is 0.914. The molecule has 0 spiro atoms. The minimum absolute atomic E-state index is 0.914. The maximum absolute atomic E-state index is 4.45. The van der Waals surface area contributed by atoms with Crippen molar-refractivity contribution in [3.05, 3.63) is 47.8 Å². The van der Waals surface area contributed by atoms with Crippen molar-refractivity contribution < 1.29 is 0 Å². The molecule has 17 heavy (non-hydrogen) atoms. The van der Waals surface area contributed by atoms with Crippen molar-refractivity contribution >= 4 is 0 Å². The van der Waals surface area contributed by atoms with E-state index < -0.39 is 0 Å². The second-order valence-electron chi connectivity index (χ2n) is 4.53. The van der Waals surface area contributed by atoms with Crippen LogP contribution in [0.25, 0.3) is 0 Å². The van der Waals surface area contributed by atoms with Gasteiger partial charge in [-0.05, 0) is 12.1 Å². The molecule has 4 heteroatoms. The molecule has 0 saturated heterocycles. The maximum atomic E-state index is 4.45. The number of pyridine rings is 1. The summed E-state index contributed by atoms with van der Waals surface area (Å²) in [7, 11) is 2.07. The Labute approximate surface area is 101 Å². The molecular formula is C13H16N4. The first-order valence-corrected chi connectivity index (χ1v) is 5.94. The van der Waals surface area contributed by atoms with Gasteiger partial charge in [0.15, 0.2) is 0 Å². The number of aromatic nitrogens is 3. The van der Waals surface area contributed by atoms with E-state index in [9.17, 15) is 0 Å². The Kier molecular flexibility index (Phi) is 2.65. The predicted molar refractivity (Wildman–Crippen MR) is 65.3 cm³/mol. The van der Waals surface area contributed by atoms with Crippen molar-refractivity contribution in [1.29, 1.82) is 0 Å².